The van der Waals surface area contributed by atoms with Crippen molar-refractivity contribution in [1.29, 1.82) is 0 Å². The molecule has 1 aliphatic carbocycles. The molecule has 0 radical (unpaired) electrons. The van der Waals surface area contributed by atoms with E-state index in [-0.39, 0.29) is 0 Å². The zero-order chi connectivity index (χ0) is 13.8. The summed E-state index contributed by atoms with van der Waals surface area (Å²) < 4.78 is 0. The highest BCUT2D eigenvalue weighted by Gasteiger charge is 2.20. The molecule has 1 saturated carbocycles. The van der Waals surface area contributed by atoms with E-state index in [1.807, 2.05) is 12.1 Å². The molecule has 0 unspecified atom stereocenters. The molecule has 0 amide bonds. The molecular formula is C16H20N4. The van der Waals surface area contributed by atoms with Crippen LogP contribution in [-0.4, -0.2) is 21.5 Å². The Kier molecular flexibility index (Phi) is 3.90. The quantitative estimate of drug-likeness (QED) is 0.920. The van der Waals surface area contributed by atoms with Crippen LogP contribution in [0.15, 0.2) is 30.6 Å². The van der Waals surface area contributed by atoms with Crippen molar-refractivity contribution in [3.8, 4) is 11.4 Å². The lowest BCUT2D eigenvalue weighted by atomic mass is 10.0. The Hall–Kier alpha value is -1.97. The molecule has 0 atom stereocenters. The number of anilines is 1. The first-order valence-corrected chi connectivity index (χ1v) is 7.40. The number of nitrogens with one attached hydrogen (secondary N) is 1. The molecule has 2 heterocycles. The van der Waals surface area contributed by atoms with Gasteiger partial charge in [-0.15, -0.1) is 0 Å². The molecule has 4 heteroatoms. The summed E-state index contributed by atoms with van der Waals surface area (Å²) in [6.07, 6.45) is 8.70. The van der Waals surface area contributed by atoms with E-state index in [9.17, 15) is 0 Å². The van der Waals surface area contributed by atoms with Gasteiger partial charge in [-0.25, -0.2) is 9.97 Å². The zero-order valence-corrected chi connectivity index (χ0v) is 11.8. The predicted molar refractivity (Wildman–Crippen MR) is 80.6 cm³/mol. The molecule has 104 valence electrons. The topological polar surface area (TPSA) is 50.7 Å². The third-order valence-corrected chi connectivity index (χ3v) is 3.82. The molecule has 2 aromatic rings. The number of nitrogens with zero attached hydrogens (tertiary/aromatic N) is 3. The lowest BCUT2D eigenvalue weighted by Gasteiger charge is -2.13. The van der Waals surface area contributed by atoms with E-state index in [1.165, 1.54) is 31.4 Å². The summed E-state index contributed by atoms with van der Waals surface area (Å²) in [5.74, 6) is 2.32. The smallest absolute Gasteiger partial charge is 0.161 e. The van der Waals surface area contributed by atoms with E-state index in [1.54, 1.807) is 12.4 Å². The van der Waals surface area contributed by atoms with Crippen LogP contribution in [0, 0.1) is 0 Å². The van der Waals surface area contributed by atoms with E-state index >= 15 is 0 Å². The first kappa shape index (κ1) is 13.0. The minimum Gasteiger partial charge on any atom is -0.370 e. The van der Waals surface area contributed by atoms with Gasteiger partial charge in [0, 0.05) is 42.2 Å². The van der Waals surface area contributed by atoms with Gasteiger partial charge in [-0.1, -0.05) is 12.8 Å². The Labute approximate surface area is 119 Å². The van der Waals surface area contributed by atoms with Gasteiger partial charge in [0.2, 0.25) is 0 Å². The number of aromatic nitrogens is 3. The summed E-state index contributed by atoms with van der Waals surface area (Å²) in [6, 6.07) is 6.04. The molecule has 3 rings (SSSR count). The van der Waals surface area contributed by atoms with Gasteiger partial charge in [-0.05, 0) is 31.9 Å². The first-order chi connectivity index (χ1) is 9.86. The summed E-state index contributed by atoms with van der Waals surface area (Å²) in [5, 5.41) is 3.31. The maximum Gasteiger partial charge on any atom is 0.161 e. The molecule has 4 nitrogen and oxygen atoms in total. The van der Waals surface area contributed by atoms with Crippen molar-refractivity contribution in [3.05, 3.63) is 36.3 Å². The van der Waals surface area contributed by atoms with E-state index in [0.29, 0.717) is 5.92 Å². The molecule has 0 aromatic carbocycles. The number of pyridine rings is 1. The molecule has 2 aromatic heterocycles. The van der Waals surface area contributed by atoms with E-state index in [2.05, 4.69) is 28.3 Å². The van der Waals surface area contributed by atoms with Crippen molar-refractivity contribution in [2.24, 2.45) is 0 Å². The Balaban J connectivity index is 2.00. The fraction of sp³-hybridized carbons (Fsp3) is 0.438. The normalized spacial score (nSPS) is 15.4. The molecule has 1 N–H and O–H groups in total. The van der Waals surface area contributed by atoms with Crippen LogP contribution < -0.4 is 5.32 Å². The van der Waals surface area contributed by atoms with E-state index in [0.717, 1.165) is 23.8 Å². The number of hydrogen-bond acceptors (Lipinski definition) is 4. The highest BCUT2D eigenvalue weighted by molar-refractivity contribution is 5.57. The van der Waals surface area contributed by atoms with Crippen LogP contribution >= 0.6 is 0 Å². The van der Waals surface area contributed by atoms with Crippen LogP contribution in [0.4, 0.5) is 5.82 Å². The van der Waals surface area contributed by atoms with Crippen molar-refractivity contribution < 1.29 is 0 Å². The molecular weight excluding hydrogens is 248 g/mol. The fourth-order valence-electron chi connectivity index (χ4n) is 2.80. The lowest BCUT2D eigenvalue weighted by Crippen LogP contribution is -2.06. The highest BCUT2D eigenvalue weighted by Crippen LogP contribution is 2.34. The largest absolute Gasteiger partial charge is 0.370 e. The standard InChI is InChI=1S/C16H20N4/c1-2-18-15-11-14(12-5-3-4-6-12)19-16(20-15)13-7-9-17-10-8-13/h7-12H,2-6H2,1H3,(H,18,19,20). The number of rotatable bonds is 4. The highest BCUT2D eigenvalue weighted by atomic mass is 15.0. The fourth-order valence-corrected chi connectivity index (χ4v) is 2.80. The second-order valence-corrected chi connectivity index (χ2v) is 5.25. The average Bonchev–Trinajstić information content (AvgIpc) is 3.02. The van der Waals surface area contributed by atoms with Crippen LogP contribution in [0.1, 0.15) is 44.2 Å². The molecule has 20 heavy (non-hydrogen) atoms. The predicted octanol–water partition coefficient (Wildman–Crippen LogP) is 3.63. The molecule has 0 aliphatic heterocycles. The Morgan fingerprint density at radius 2 is 1.90 bits per heavy atom. The van der Waals surface area contributed by atoms with Crippen LogP contribution in [0.25, 0.3) is 11.4 Å². The molecule has 1 aliphatic rings. The van der Waals surface area contributed by atoms with Gasteiger partial charge < -0.3 is 5.32 Å². The molecule has 1 fully saturated rings. The van der Waals surface area contributed by atoms with Crippen molar-refractivity contribution in [2.45, 2.75) is 38.5 Å². The third-order valence-electron chi connectivity index (χ3n) is 3.82. The summed E-state index contributed by atoms with van der Waals surface area (Å²) in [6.45, 7) is 2.96. The molecule has 0 saturated heterocycles. The van der Waals surface area contributed by atoms with Crippen molar-refractivity contribution >= 4 is 5.82 Å². The first-order valence-electron chi connectivity index (χ1n) is 7.40. The maximum absolute atomic E-state index is 4.79. The minimum absolute atomic E-state index is 0.594. The summed E-state index contributed by atoms with van der Waals surface area (Å²) in [4.78, 5) is 13.5. The third kappa shape index (κ3) is 2.79. The zero-order valence-electron chi connectivity index (χ0n) is 11.8. The molecule has 0 spiro atoms. The van der Waals surface area contributed by atoms with Crippen LogP contribution in [-0.2, 0) is 0 Å². The van der Waals surface area contributed by atoms with Gasteiger partial charge in [0.05, 0.1) is 0 Å². The van der Waals surface area contributed by atoms with Gasteiger partial charge in [-0.2, -0.15) is 0 Å². The van der Waals surface area contributed by atoms with Gasteiger partial charge in [0.25, 0.3) is 0 Å². The maximum atomic E-state index is 4.79. The summed E-state index contributed by atoms with van der Waals surface area (Å²) in [7, 11) is 0. The van der Waals surface area contributed by atoms with Crippen molar-refractivity contribution in [2.75, 3.05) is 11.9 Å². The van der Waals surface area contributed by atoms with Gasteiger partial charge in [0.1, 0.15) is 5.82 Å². The minimum atomic E-state index is 0.594. The van der Waals surface area contributed by atoms with Gasteiger partial charge >= 0.3 is 0 Å². The van der Waals surface area contributed by atoms with Crippen molar-refractivity contribution in [3.63, 3.8) is 0 Å². The molecule has 0 bridgehead atoms. The monoisotopic (exact) mass is 268 g/mol. The van der Waals surface area contributed by atoms with E-state index in [4.69, 9.17) is 4.98 Å². The van der Waals surface area contributed by atoms with Crippen LogP contribution in [0.3, 0.4) is 0 Å². The summed E-state index contributed by atoms with van der Waals surface area (Å²) >= 11 is 0. The SMILES string of the molecule is CCNc1cc(C2CCCC2)nc(-c2ccncc2)n1. The van der Waals surface area contributed by atoms with Gasteiger partial charge in [-0.3, -0.25) is 4.98 Å². The Bertz CT molecular complexity index is 562. The van der Waals surface area contributed by atoms with Crippen molar-refractivity contribution in [1.82, 2.24) is 15.0 Å². The average molecular weight is 268 g/mol. The van der Waals surface area contributed by atoms with Crippen LogP contribution in [0.5, 0.6) is 0 Å². The summed E-state index contributed by atoms with van der Waals surface area (Å²) in [5.41, 5.74) is 2.21. The van der Waals surface area contributed by atoms with E-state index < -0.39 is 0 Å². The number of hydrogen-bond donors (Lipinski definition) is 1. The van der Waals surface area contributed by atoms with Crippen LogP contribution in [0.2, 0.25) is 0 Å². The Morgan fingerprint density at radius 1 is 1.15 bits per heavy atom. The van der Waals surface area contributed by atoms with Gasteiger partial charge in [0.15, 0.2) is 5.82 Å². The lowest BCUT2D eigenvalue weighted by molar-refractivity contribution is 0.695. The second kappa shape index (κ2) is 5.99. The Morgan fingerprint density at radius 3 is 2.60 bits per heavy atom. The second-order valence-electron chi connectivity index (χ2n) is 5.25.